The van der Waals surface area contributed by atoms with Gasteiger partial charge in [0.1, 0.15) is 5.82 Å². The van der Waals surface area contributed by atoms with Gasteiger partial charge in [0.15, 0.2) is 9.84 Å². The van der Waals surface area contributed by atoms with Crippen LogP contribution in [0.5, 0.6) is 0 Å². The van der Waals surface area contributed by atoms with Gasteiger partial charge in [-0.3, -0.25) is 9.69 Å². The van der Waals surface area contributed by atoms with Crippen molar-refractivity contribution in [3.63, 3.8) is 0 Å². The second-order valence-electron chi connectivity index (χ2n) is 5.10. The highest BCUT2D eigenvalue weighted by Gasteiger charge is 2.21. The van der Waals surface area contributed by atoms with Crippen LogP contribution in [0.3, 0.4) is 0 Å². The van der Waals surface area contributed by atoms with Gasteiger partial charge in [0.05, 0.1) is 22.8 Å². The molecule has 0 aliphatic carbocycles. The minimum Gasteiger partial charge on any atom is -0.396 e. The topological polar surface area (TPSA) is 92.5 Å². The fraction of sp³-hybridized carbons (Fsp3) is 0.462. The first-order chi connectivity index (χ1) is 10.3. The zero-order valence-electron chi connectivity index (χ0n) is 11.8. The minimum absolute atomic E-state index is 0.00813. The van der Waals surface area contributed by atoms with Gasteiger partial charge in [-0.2, -0.15) is 0 Å². The molecule has 0 unspecified atom stereocenters. The molecule has 2 rings (SSSR count). The number of rotatable bonds is 4. The van der Waals surface area contributed by atoms with Crippen molar-refractivity contribution in [2.24, 2.45) is 0 Å². The molecular weight excluding hydrogens is 333 g/mol. The average molecular weight is 350 g/mol. The molecule has 1 aromatic carbocycles. The van der Waals surface area contributed by atoms with Crippen LogP contribution < -0.4 is 11.1 Å². The molecule has 22 heavy (non-hydrogen) atoms. The number of hydrogen-bond acceptors (Lipinski definition) is 5. The summed E-state index contributed by atoms with van der Waals surface area (Å²) in [5.74, 6) is -0.983. The molecule has 1 fully saturated rings. The molecule has 1 aliphatic heterocycles. The number of carbonyl (C=O) groups excluding carboxylic acids is 1. The molecule has 0 aromatic heterocycles. The second-order valence-corrected chi connectivity index (χ2v) is 7.84. The first-order valence-corrected chi connectivity index (χ1v) is 8.94. The first kappa shape index (κ1) is 17.0. The van der Waals surface area contributed by atoms with E-state index in [-0.39, 0.29) is 27.8 Å². The van der Waals surface area contributed by atoms with Crippen molar-refractivity contribution >= 4 is 33.0 Å². The highest BCUT2D eigenvalue weighted by molar-refractivity contribution is 7.91. The van der Waals surface area contributed by atoms with Crippen molar-refractivity contribution in [2.75, 3.05) is 43.4 Å². The van der Waals surface area contributed by atoms with Gasteiger partial charge >= 0.3 is 0 Å². The van der Waals surface area contributed by atoms with E-state index >= 15 is 0 Å². The zero-order chi connectivity index (χ0) is 16.3. The van der Waals surface area contributed by atoms with E-state index in [9.17, 15) is 17.6 Å². The maximum Gasteiger partial charge on any atom is 0.253 e. The minimum atomic E-state index is -2.92. The molecule has 3 N–H and O–H groups in total. The van der Waals surface area contributed by atoms with E-state index in [4.69, 9.17) is 17.3 Å². The molecule has 1 heterocycles. The Morgan fingerprint density at radius 3 is 2.64 bits per heavy atom. The number of anilines is 1. The number of amides is 1. The van der Waals surface area contributed by atoms with Crippen LogP contribution in [0.4, 0.5) is 10.1 Å². The van der Waals surface area contributed by atoms with Crippen molar-refractivity contribution in [1.29, 1.82) is 0 Å². The molecule has 1 aliphatic rings. The van der Waals surface area contributed by atoms with Crippen molar-refractivity contribution in [3.8, 4) is 0 Å². The summed E-state index contributed by atoms with van der Waals surface area (Å²) in [4.78, 5) is 13.9. The molecule has 0 radical (unpaired) electrons. The summed E-state index contributed by atoms with van der Waals surface area (Å²) in [6.45, 7) is 1.73. The van der Waals surface area contributed by atoms with Crippen molar-refractivity contribution in [2.45, 2.75) is 0 Å². The molecule has 9 heteroatoms. The van der Waals surface area contributed by atoms with Gasteiger partial charge in [-0.15, -0.1) is 0 Å². The Balaban J connectivity index is 1.86. The maximum atomic E-state index is 13.4. The number of sulfone groups is 1. The monoisotopic (exact) mass is 349 g/mol. The van der Waals surface area contributed by atoms with Gasteiger partial charge in [0.25, 0.3) is 5.91 Å². The highest BCUT2D eigenvalue weighted by Crippen LogP contribution is 2.21. The highest BCUT2D eigenvalue weighted by atomic mass is 35.5. The number of halogens is 2. The summed E-state index contributed by atoms with van der Waals surface area (Å²) < 4.78 is 36.0. The number of hydrogen-bond donors (Lipinski definition) is 2. The summed E-state index contributed by atoms with van der Waals surface area (Å²) >= 11 is 5.71. The van der Waals surface area contributed by atoms with Gasteiger partial charge < -0.3 is 11.1 Å². The summed E-state index contributed by atoms with van der Waals surface area (Å²) in [5.41, 5.74) is 5.27. The van der Waals surface area contributed by atoms with Crippen LogP contribution in [0.15, 0.2) is 12.1 Å². The molecule has 122 valence electrons. The molecule has 6 nitrogen and oxygen atoms in total. The largest absolute Gasteiger partial charge is 0.396 e. The third-order valence-corrected chi connectivity index (χ3v) is 5.32. The Kier molecular flexibility index (Phi) is 5.25. The molecule has 1 amide bonds. The van der Waals surface area contributed by atoms with Crippen LogP contribution in [-0.2, 0) is 9.84 Å². The van der Waals surface area contributed by atoms with Crippen LogP contribution in [0, 0.1) is 5.82 Å². The summed E-state index contributed by atoms with van der Waals surface area (Å²) in [7, 11) is -2.92. The fourth-order valence-corrected chi connectivity index (χ4v) is 3.65. The number of nitrogens with zero attached hydrogens (tertiary/aromatic N) is 1. The molecule has 0 bridgehead atoms. The van der Waals surface area contributed by atoms with Crippen LogP contribution >= 0.6 is 11.6 Å². The van der Waals surface area contributed by atoms with Crippen LogP contribution in [-0.4, -0.2) is 56.9 Å². The third-order valence-electron chi connectivity index (χ3n) is 3.49. The predicted octanol–water partition coefficient (Wildman–Crippen LogP) is 0.522. The molecule has 1 aromatic rings. The van der Waals surface area contributed by atoms with Gasteiger partial charge in [-0.25, -0.2) is 12.8 Å². The molecular formula is C13H17ClFN3O3S. The Morgan fingerprint density at radius 2 is 2.00 bits per heavy atom. The summed E-state index contributed by atoms with van der Waals surface area (Å²) in [5, 5.41) is 2.72. The normalized spacial score (nSPS) is 18.1. The van der Waals surface area contributed by atoms with Gasteiger partial charge in [0, 0.05) is 31.2 Å². The van der Waals surface area contributed by atoms with E-state index in [0.29, 0.717) is 26.2 Å². The van der Waals surface area contributed by atoms with Crippen LogP contribution in [0.1, 0.15) is 10.4 Å². The fourth-order valence-electron chi connectivity index (χ4n) is 2.17. The van der Waals surface area contributed by atoms with Crippen LogP contribution in [0.25, 0.3) is 0 Å². The SMILES string of the molecule is Nc1c(F)cc(Cl)cc1C(=O)NCCN1CCS(=O)(=O)CC1. The van der Waals surface area contributed by atoms with E-state index in [0.717, 1.165) is 6.07 Å². The lowest BCUT2D eigenvalue weighted by Crippen LogP contribution is -2.43. The standard InChI is InChI=1S/C13H17ClFN3O3S/c14-9-7-10(12(16)11(15)8-9)13(19)17-1-2-18-3-5-22(20,21)6-4-18/h7-8H,1-6,16H2,(H,17,19). The van der Waals surface area contributed by atoms with Gasteiger partial charge in [-0.1, -0.05) is 11.6 Å². The molecule has 0 spiro atoms. The number of benzene rings is 1. The van der Waals surface area contributed by atoms with E-state index < -0.39 is 21.6 Å². The van der Waals surface area contributed by atoms with Gasteiger partial charge in [0.2, 0.25) is 0 Å². The summed E-state index contributed by atoms with van der Waals surface area (Å²) in [6, 6.07) is 2.35. The summed E-state index contributed by atoms with van der Waals surface area (Å²) in [6.07, 6.45) is 0. The average Bonchev–Trinajstić information content (AvgIpc) is 2.44. The lowest BCUT2D eigenvalue weighted by molar-refractivity contribution is 0.0949. The van der Waals surface area contributed by atoms with E-state index in [1.165, 1.54) is 6.07 Å². The van der Waals surface area contributed by atoms with E-state index in [2.05, 4.69) is 5.32 Å². The lowest BCUT2D eigenvalue weighted by Gasteiger charge is -2.26. The first-order valence-electron chi connectivity index (χ1n) is 6.74. The Hall–Kier alpha value is -1.38. The Morgan fingerprint density at radius 1 is 1.36 bits per heavy atom. The number of nitrogens with two attached hydrogens (primary N) is 1. The quantitative estimate of drug-likeness (QED) is 0.773. The smallest absolute Gasteiger partial charge is 0.253 e. The number of carbonyl (C=O) groups is 1. The third kappa shape index (κ3) is 4.31. The Bertz CT molecular complexity index is 667. The van der Waals surface area contributed by atoms with Crippen molar-refractivity contribution in [3.05, 3.63) is 28.5 Å². The maximum absolute atomic E-state index is 13.4. The van der Waals surface area contributed by atoms with E-state index in [1.54, 1.807) is 0 Å². The van der Waals surface area contributed by atoms with E-state index in [1.807, 2.05) is 4.90 Å². The number of nitrogens with one attached hydrogen (secondary N) is 1. The molecule has 0 atom stereocenters. The number of nitrogen functional groups attached to an aromatic ring is 1. The van der Waals surface area contributed by atoms with Crippen molar-refractivity contribution in [1.82, 2.24) is 10.2 Å². The Labute approximate surface area is 133 Å². The zero-order valence-corrected chi connectivity index (χ0v) is 13.4. The second kappa shape index (κ2) is 6.80. The lowest BCUT2D eigenvalue weighted by atomic mass is 10.1. The van der Waals surface area contributed by atoms with Crippen LogP contribution in [0.2, 0.25) is 5.02 Å². The predicted molar refractivity (Wildman–Crippen MR) is 83.2 cm³/mol. The van der Waals surface area contributed by atoms with Gasteiger partial charge in [-0.05, 0) is 12.1 Å². The molecule has 1 saturated heterocycles. The molecule has 0 saturated carbocycles. The van der Waals surface area contributed by atoms with Crippen molar-refractivity contribution < 1.29 is 17.6 Å².